The molecule has 0 radical (unpaired) electrons. The van der Waals surface area contributed by atoms with Crippen LogP contribution < -0.4 is 15.8 Å². The van der Waals surface area contributed by atoms with E-state index >= 15 is 0 Å². The molecular formula is C11H18N4O3S. The third kappa shape index (κ3) is 5.66. The van der Waals surface area contributed by atoms with Gasteiger partial charge in [-0.15, -0.1) is 0 Å². The van der Waals surface area contributed by atoms with Gasteiger partial charge in [0.2, 0.25) is 10.0 Å². The van der Waals surface area contributed by atoms with Crippen LogP contribution in [-0.2, 0) is 10.0 Å². The molecule has 0 saturated heterocycles. The zero-order valence-corrected chi connectivity index (χ0v) is 11.9. The Hall–Kier alpha value is -1.67. The zero-order valence-electron chi connectivity index (χ0n) is 11.1. The molecule has 7 nitrogen and oxygen atoms in total. The van der Waals surface area contributed by atoms with E-state index in [1.165, 1.54) is 12.3 Å². The molecule has 0 aliphatic rings. The van der Waals surface area contributed by atoms with Gasteiger partial charge in [0.25, 0.3) is 5.91 Å². The lowest BCUT2D eigenvalue weighted by Gasteiger charge is -2.25. The van der Waals surface area contributed by atoms with Gasteiger partial charge in [0.1, 0.15) is 5.82 Å². The molecule has 1 aromatic rings. The second-order valence-electron chi connectivity index (χ2n) is 4.91. The average Bonchev–Trinajstić information content (AvgIpc) is 2.24. The molecule has 1 aromatic heterocycles. The molecule has 0 spiro atoms. The first kappa shape index (κ1) is 15.4. The molecule has 1 heterocycles. The van der Waals surface area contributed by atoms with Crippen molar-refractivity contribution in [1.82, 2.24) is 15.0 Å². The maximum atomic E-state index is 11.8. The zero-order chi connectivity index (χ0) is 14.7. The maximum Gasteiger partial charge on any atom is 0.252 e. The monoisotopic (exact) mass is 286 g/mol. The fourth-order valence-corrected chi connectivity index (χ4v) is 2.56. The van der Waals surface area contributed by atoms with E-state index < -0.39 is 15.6 Å². The van der Waals surface area contributed by atoms with Crippen LogP contribution in [-0.4, -0.2) is 37.6 Å². The van der Waals surface area contributed by atoms with Crippen molar-refractivity contribution in [3.63, 3.8) is 0 Å². The highest BCUT2D eigenvalue weighted by atomic mass is 32.2. The number of aromatic nitrogens is 1. The molecule has 0 aromatic carbocycles. The van der Waals surface area contributed by atoms with Crippen molar-refractivity contribution in [3.8, 4) is 0 Å². The van der Waals surface area contributed by atoms with Crippen molar-refractivity contribution >= 4 is 21.7 Å². The van der Waals surface area contributed by atoms with Gasteiger partial charge in [-0.2, -0.15) is 0 Å². The second kappa shape index (κ2) is 5.54. The maximum absolute atomic E-state index is 11.8. The van der Waals surface area contributed by atoms with E-state index in [0.717, 1.165) is 6.26 Å². The number of nitrogens with zero attached hydrogens (tertiary/aromatic N) is 1. The number of nitrogen functional groups attached to an aromatic ring is 1. The van der Waals surface area contributed by atoms with Gasteiger partial charge in [-0.25, -0.2) is 18.1 Å². The Morgan fingerprint density at radius 1 is 1.42 bits per heavy atom. The standard InChI is InChI=1S/C11H18N4O3S/c1-11(2,15-19(3,17)18)7-14-10(16)8-4-5-9(12)13-6-8/h4-6,15H,7H2,1-3H3,(H2,12,13)(H,14,16). The summed E-state index contributed by atoms with van der Waals surface area (Å²) in [6, 6.07) is 3.07. The average molecular weight is 286 g/mol. The van der Waals surface area contributed by atoms with Crippen LogP contribution in [0.3, 0.4) is 0 Å². The number of hydrogen-bond acceptors (Lipinski definition) is 5. The van der Waals surface area contributed by atoms with E-state index in [-0.39, 0.29) is 12.5 Å². The van der Waals surface area contributed by atoms with E-state index in [9.17, 15) is 13.2 Å². The predicted octanol–water partition coefficient (Wildman–Crippen LogP) is -0.279. The van der Waals surface area contributed by atoms with Crippen LogP contribution in [0, 0.1) is 0 Å². The van der Waals surface area contributed by atoms with Crippen LogP contribution >= 0.6 is 0 Å². The lowest BCUT2D eigenvalue weighted by molar-refractivity contribution is 0.0944. The minimum atomic E-state index is -3.33. The third-order valence-corrected chi connectivity index (χ3v) is 3.12. The van der Waals surface area contributed by atoms with Crippen LogP contribution in [0.25, 0.3) is 0 Å². The van der Waals surface area contributed by atoms with Crippen LogP contribution in [0.15, 0.2) is 18.3 Å². The molecule has 0 aliphatic heterocycles. The summed E-state index contributed by atoms with van der Waals surface area (Å²) in [5.74, 6) is -0.00787. The van der Waals surface area contributed by atoms with Crippen molar-refractivity contribution in [1.29, 1.82) is 0 Å². The summed E-state index contributed by atoms with van der Waals surface area (Å²) in [7, 11) is -3.33. The highest BCUT2D eigenvalue weighted by molar-refractivity contribution is 7.88. The second-order valence-corrected chi connectivity index (χ2v) is 6.66. The number of amides is 1. The fourth-order valence-electron chi connectivity index (χ4n) is 1.48. The number of nitrogens with one attached hydrogen (secondary N) is 2. The van der Waals surface area contributed by atoms with Crippen LogP contribution in [0.5, 0.6) is 0 Å². The van der Waals surface area contributed by atoms with Gasteiger partial charge in [-0.1, -0.05) is 0 Å². The highest BCUT2D eigenvalue weighted by Gasteiger charge is 2.23. The molecule has 0 bridgehead atoms. The van der Waals surface area contributed by atoms with Gasteiger partial charge >= 0.3 is 0 Å². The molecule has 0 saturated carbocycles. The summed E-state index contributed by atoms with van der Waals surface area (Å²) >= 11 is 0. The fraction of sp³-hybridized carbons (Fsp3) is 0.455. The molecule has 4 N–H and O–H groups in total. The van der Waals surface area contributed by atoms with E-state index in [1.54, 1.807) is 19.9 Å². The quantitative estimate of drug-likeness (QED) is 0.689. The van der Waals surface area contributed by atoms with E-state index in [4.69, 9.17) is 5.73 Å². The molecule has 0 fully saturated rings. The summed E-state index contributed by atoms with van der Waals surface area (Å²) in [5, 5.41) is 2.63. The van der Waals surface area contributed by atoms with Crippen molar-refractivity contribution in [2.24, 2.45) is 0 Å². The summed E-state index contributed by atoms with van der Waals surface area (Å²) in [5.41, 5.74) is 5.01. The Morgan fingerprint density at radius 2 is 2.05 bits per heavy atom. The molecule has 1 rings (SSSR count). The van der Waals surface area contributed by atoms with E-state index in [1.807, 2.05) is 0 Å². The summed E-state index contributed by atoms with van der Waals surface area (Å²) < 4.78 is 24.7. The third-order valence-electron chi connectivity index (χ3n) is 2.20. The van der Waals surface area contributed by atoms with Gasteiger partial charge in [0.15, 0.2) is 0 Å². The van der Waals surface area contributed by atoms with Crippen molar-refractivity contribution in [2.45, 2.75) is 19.4 Å². The lowest BCUT2D eigenvalue weighted by Crippen LogP contribution is -2.51. The predicted molar refractivity (Wildman–Crippen MR) is 73.0 cm³/mol. The first-order valence-electron chi connectivity index (χ1n) is 5.58. The minimum Gasteiger partial charge on any atom is -0.384 e. The smallest absolute Gasteiger partial charge is 0.252 e. The molecule has 0 atom stereocenters. The van der Waals surface area contributed by atoms with Crippen LogP contribution in [0.4, 0.5) is 5.82 Å². The molecular weight excluding hydrogens is 268 g/mol. The number of hydrogen-bond donors (Lipinski definition) is 3. The normalized spacial score (nSPS) is 12.2. The summed E-state index contributed by atoms with van der Waals surface area (Å²) in [4.78, 5) is 15.6. The number of nitrogens with two attached hydrogens (primary N) is 1. The number of anilines is 1. The van der Waals surface area contributed by atoms with Crippen molar-refractivity contribution in [2.75, 3.05) is 18.5 Å². The Labute approximate surface area is 112 Å². The molecule has 0 aliphatic carbocycles. The number of pyridine rings is 1. The van der Waals surface area contributed by atoms with Gasteiger partial charge in [-0.3, -0.25) is 4.79 Å². The van der Waals surface area contributed by atoms with Crippen LogP contribution in [0.1, 0.15) is 24.2 Å². The minimum absolute atomic E-state index is 0.156. The summed E-state index contributed by atoms with van der Waals surface area (Å²) in [6.07, 6.45) is 2.43. The van der Waals surface area contributed by atoms with Crippen molar-refractivity contribution in [3.05, 3.63) is 23.9 Å². The topological polar surface area (TPSA) is 114 Å². The van der Waals surface area contributed by atoms with Crippen molar-refractivity contribution < 1.29 is 13.2 Å². The summed E-state index contributed by atoms with van der Waals surface area (Å²) in [6.45, 7) is 3.51. The molecule has 1 amide bonds. The number of carbonyl (C=O) groups excluding carboxylic acids is 1. The molecule has 0 unspecified atom stereocenters. The van der Waals surface area contributed by atoms with Gasteiger partial charge in [0, 0.05) is 18.3 Å². The number of sulfonamides is 1. The number of rotatable bonds is 5. The molecule has 106 valence electrons. The number of carbonyl (C=O) groups is 1. The molecule has 19 heavy (non-hydrogen) atoms. The lowest BCUT2D eigenvalue weighted by atomic mass is 10.1. The molecule has 8 heteroatoms. The Kier molecular flexibility index (Phi) is 4.48. The Balaban J connectivity index is 2.61. The first-order valence-corrected chi connectivity index (χ1v) is 7.47. The van der Waals surface area contributed by atoms with Gasteiger partial charge in [0.05, 0.1) is 11.8 Å². The first-order chi connectivity index (χ1) is 8.59. The SMILES string of the molecule is CC(C)(CNC(=O)c1ccc(N)nc1)NS(C)(=O)=O. The van der Waals surface area contributed by atoms with Crippen LogP contribution in [0.2, 0.25) is 0 Å². The largest absolute Gasteiger partial charge is 0.384 e. The Morgan fingerprint density at radius 3 is 2.53 bits per heavy atom. The highest BCUT2D eigenvalue weighted by Crippen LogP contribution is 2.04. The van der Waals surface area contributed by atoms with Gasteiger partial charge in [-0.05, 0) is 26.0 Å². The van der Waals surface area contributed by atoms with E-state index in [0.29, 0.717) is 11.4 Å². The Bertz CT molecular complexity index is 552. The van der Waals surface area contributed by atoms with Gasteiger partial charge < -0.3 is 11.1 Å². The van der Waals surface area contributed by atoms with E-state index in [2.05, 4.69) is 15.0 Å².